The van der Waals surface area contributed by atoms with E-state index in [1.165, 1.54) is 52.1 Å². The zero-order chi connectivity index (χ0) is 23.2. The van der Waals surface area contributed by atoms with Crippen LogP contribution in [0, 0.1) is 11.6 Å². The zero-order valence-electron chi connectivity index (χ0n) is 17.6. The summed E-state index contributed by atoms with van der Waals surface area (Å²) < 4.78 is 75.5. The molecule has 0 spiro atoms. The van der Waals surface area contributed by atoms with E-state index < -0.39 is 41.2 Å². The average molecular weight is 441 g/mol. The van der Waals surface area contributed by atoms with Crippen LogP contribution in [0.1, 0.15) is 44.4 Å². The summed E-state index contributed by atoms with van der Waals surface area (Å²) in [6.45, 7) is 4.29. The van der Waals surface area contributed by atoms with Gasteiger partial charge in [0.1, 0.15) is 17.4 Å². The van der Waals surface area contributed by atoms with Crippen LogP contribution >= 0.6 is 0 Å². The smallest absolute Gasteiger partial charge is 0.417 e. The molecule has 0 amide bonds. The number of nitrogens with one attached hydrogen (secondary N) is 1. The van der Waals surface area contributed by atoms with Crippen molar-refractivity contribution in [1.29, 1.82) is 0 Å². The van der Waals surface area contributed by atoms with E-state index in [1.807, 2.05) is 0 Å². The summed E-state index contributed by atoms with van der Waals surface area (Å²) >= 11 is 0. The molecule has 2 N–H and O–H groups in total. The molecule has 0 aliphatic rings. The van der Waals surface area contributed by atoms with Crippen molar-refractivity contribution in [2.24, 2.45) is 0 Å². The Balaban J connectivity index is 2.07. The lowest BCUT2D eigenvalue weighted by Gasteiger charge is -2.41. The van der Waals surface area contributed by atoms with Gasteiger partial charge < -0.3 is 14.8 Å². The molecule has 2 unspecified atom stereocenters. The van der Waals surface area contributed by atoms with Crippen LogP contribution in [0.3, 0.4) is 0 Å². The second kappa shape index (κ2) is 7.82. The van der Waals surface area contributed by atoms with E-state index in [0.717, 1.165) is 12.1 Å². The first-order valence-electron chi connectivity index (χ1n) is 9.70. The van der Waals surface area contributed by atoms with Crippen LogP contribution in [0.5, 0.6) is 5.75 Å². The third-order valence-electron chi connectivity index (χ3n) is 5.90. The fourth-order valence-corrected chi connectivity index (χ4v) is 4.12. The summed E-state index contributed by atoms with van der Waals surface area (Å²) in [5.74, 6) is -2.53. The minimum atomic E-state index is -4.99. The van der Waals surface area contributed by atoms with Crippen LogP contribution in [0.4, 0.5) is 22.0 Å². The van der Waals surface area contributed by atoms with Gasteiger partial charge in [-0.25, -0.2) is 8.78 Å². The number of hydrogen-bond donors (Lipinski definition) is 2. The zero-order valence-corrected chi connectivity index (χ0v) is 17.6. The topological polar surface area (TPSA) is 45.2 Å². The number of H-pyrrole nitrogens is 1. The fourth-order valence-electron chi connectivity index (χ4n) is 4.12. The van der Waals surface area contributed by atoms with Crippen LogP contribution in [0.15, 0.2) is 42.5 Å². The van der Waals surface area contributed by atoms with Crippen molar-refractivity contribution in [2.45, 2.75) is 50.3 Å². The molecule has 3 aromatic rings. The minimum Gasteiger partial charge on any atom is -0.496 e. The Bertz CT molecular complexity index is 1090. The predicted octanol–water partition coefficient (Wildman–Crippen LogP) is 6.22. The number of hydrogen-bond acceptors (Lipinski definition) is 2. The van der Waals surface area contributed by atoms with Gasteiger partial charge in [0.25, 0.3) is 0 Å². The maximum atomic E-state index is 14.2. The third kappa shape index (κ3) is 4.13. The number of aromatic amines is 1. The van der Waals surface area contributed by atoms with Gasteiger partial charge >= 0.3 is 6.18 Å². The monoisotopic (exact) mass is 441 g/mol. The highest BCUT2D eigenvalue weighted by molar-refractivity contribution is 5.81. The maximum Gasteiger partial charge on any atom is 0.417 e. The molecule has 0 saturated heterocycles. The van der Waals surface area contributed by atoms with Gasteiger partial charge in [-0.15, -0.1) is 0 Å². The van der Waals surface area contributed by atoms with Crippen molar-refractivity contribution < 1.29 is 31.8 Å². The molecule has 0 saturated carbocycles. The van der Waals surface area contributed by atoms with Crippen LogP contribution in [0.2, 0.25) is 0 Å². The lowest BCUT2D eigenvalue weighted by molar-refractivity contribution is -0.274. The molecule has 3 rings (SSSR count). The van der Waals surface area contributed by atoms with Crippen LogP contribution < -0.4 is 4.74 Å². The quantitative estimate of drug-likeness (QED) is 0.446. The molecule has 1 heterocycles. The van der Waals surface area contributed by atoms with Crippen molar-refractivity contribution in [1.82, 2.24) is 4.98 Å². The van der Waals surface area contributed by atoms with Crippen molar-refractivity contribution in [2.75, 3.05) is 7.11 Å². The predicted molar refractivity (Wildman–Crippen MR) is 108 cm³/mol. The number of rotatable bonds is 6. The highest BCUT2D eigenvalue weighted by Crippen LogP contribution is 2.49. The Morgan fingerprint density at radius 3 is 2.32 bits per heavy atom. The van der Waals surface area contributed by atoms with Gasteiger partial charge in [-0.3, -0.25) is 0 Å². The first-order chi connectivity index (χ1) is 14.3. The summed E-state index contributed by atoms with van der Waals surface area (Å²) in [6.07, 6.45) is -5.72. The number of alkyl halides is 3. The van der Waals surface area contributed by atoms with Crippen LogP contribution in [0.25, 0.3) is 10.9 Å². The highest BCUT2D eigenvalue weighted by atomic mass is 19.4. The molecule has 3 nitrogen and oxygen atoms in total. The maximum absolute atomic E-state index is 14.2. The molecular formula is C23H24F5NO2. The SMILES string of the molecule is COc1cc(F)ccc1C(C)(C)CC(O)(C(C)c1cc2cccc(F)c2[nH]1)C(F)(F)F. The van der Waals surface area contributed by atoms with Crippen LogP contribution in [-0.2, 0) is 5.41 Å². The van der Waals surface area contributed by atoms with E-state index in [-0.39, 0.29) is 17.0 Å². The number of benzene rings is 2. The fraction of sp³-hybridized carbons (Fsp3) is 0.391. The molecule has 2 aromatic carbocycles. The lowest BCUT2D eigenvalue weighted by Crippen LogP contribution is -2.52. The second-order valence-corrected chi connectivity index (χ2v) is 8.48. The molecule has 0 bridgehead atoms. The van der Waals surface area contributed by atoms with Crippen molar-refractivity contribution in [3.63, 3.8) is 0 Å². The molecule has 0 fully saturated rings. The molecule has 0 aliphatic carbocycles. The van der Waals surface area contributed by atoms with Gasteiger partial charge in [0, 0.05) is 28.6 Å². The Morgan fingerprint density at radius 2 is 1.74 bits per heavy atom. The number of methoxy groups -OCH3 is 1. The normalized spacial score (nSPS) is 15.7. The first-order valence-corrected chi connectivity index (χ1v) is 9.70. The largest absolute Gasteiger partial charge is 0.496 e. The van der Waals surface area contributed by atoms with Crippen molar-refractivity contribution in [3.8, 4) is 5.75 Å². The summed E-state index contributed by atoms with van der Waals surface area (Å²) in [6, 6.07) is 9.22. The molecule has 8 heteroatoms. The van der Waals surface area contributed by atoms with E-state index in [2.05, 4.69) is 4.98 Å². The molecule has 1 aromatic heterocycles. The van der Waals surface area contributed by atoms with Gasteiger partial charge in [0.15, 0.2) is 5.60 Å². The van der Waals surface area contributed by atoms with E-state index in [4.69, 9.17) is 4.74 Å². The van der Waals surface area contributed by atoms with Gasteiger partial charge in [-0.1, -0.05) is 39.0 Å². The molecular weight excluding hydrogens is 417 g/mol. The van der Waals surface area contributed by atoms with Gasteiger partial charge in [-0.2, -0.15) is 13.2 Å². The second-order valence-electron chi connectivity index (χ2n) is 8.48. The Hall–Kier alpha value is -2.61. The van der Waals surface area contributed by atoms with Crippen molar-refractivity contribution in [3.05, 3.63) is 65.4 Å². The van der Waals surface area contributed by atoms with Crippen molar-refractivity contribution >= 4 is 10.9 Å². The number of ether oxygens (including phenoxy) is 1. The Kier molecular flexibility index (Phi) is 5.82. The number of aromatic nitrogens is 1. The van der Waals surface area contributed by atoms with E-state index >= 15 is 0 Å². The number of aliphatic hydroxyl groups is 1. The Labute approximate surface area is 176 Å². The summed E-state index contributed by atoms with van der Waals surface area (Å²) in [5.41, 5.74) is -3.94. The van der Waals surface area contributed by atoms with Crippen LogP contribution in [-0.4, -0.2) is 29.0 Å². The van der Waals surface area contributed by atoms with Gasteiger partial charge in [0.05, 0.1) is 12.6 Å². The first kappa shape index (κ1) is 23.1. The number of halogens is 5. The standard InChI is InChI=1S/C23H24F5NO2/c1-13(18-10-14-6-5-7-17(25)20(14)29-18)22(30,23(26,27)28)12-21(2,3)16-9-8-15(24)11-19(16)31-4/h5-11,13,29-30H,12H2,1-4H3. The third-order valence-corrected chi connectivity index (χ3v) is 5.90. The van der Waals surface area contributed by atoms with E-state index in [0.29, 0.717) is 10.9 Å². The molecule has 168 valence electrons. The van der Waals surface area contributed by atoms with Gasteiger partial charge in [0.2, 0.25) is 0 Å². The summed E-state index contributed by atoms with van der Waals surface area (Å²) in [5, 5.41) is 11.4. The number of para-hydroxylation sites is 1. The summed E-state index contributed by atoms with van der Waals surface area (Å²) in [7, 11) is 1.30. The van der Waals surface area contributed by atoms with E-state index in [9.17, 15) is 27.1 Å². The lowest BCUT2D eigenvalue weighted by atomic mass is 9.70. The molecule has 0 radical (unpaired) electrons. The molecule has 0 aliphatic heterocycles. The average Bonchev–Trinajstić information content (AvgIpc) is 3.11. The molecule has 31 heavy (non-hydrogen) atoms. The minimum absolute atomic E-state index is 0.0572. The summed E-state index contributed by atoms with van der Waals surface area (Å²) in [4.78, 5) is 2.69. The van der Waals surface area contributed by atoms with Gasteiger partial charge in [-0.05, 0) is 30.0 Å². The Morgan fingerprint density at radius 1 is 1.06 bits per heavy atom. The highest BCUT2D eigenvalue weighted by Gasteiger charge is 2.59. The molecule has 2 atom stereocenters. The van der Waals surface area contributed by atoms with E-state index in [1.54, 1.807) is 6.07 Å². The number of fused-ring (bicyclic) bond motifs is 1.